The van der Waals surface area contributed by atoms with E-state index in [9.17, 15) is 8.42 Å². The van der Waals surface area contributed by atoms with Gasteiger partial charge in [0.1, 0.15) is 0 Å². The topological polar surface area (TPSA) is 58.2 Å². The van der Waals surface area contributed by atoms with E-state index in [2.05, 4.69) is 26.0 Å². The normalized spacial score (nSPS) is 11.8. The van der Waals surface area contributed by atoms with Crippen LogP contribution in [0.1, 0.15) is 11.1 Å². The Morgan fingerprint density at radius 3 is 2.44 bits per heavy atom. The van der Waals surface area contributed by atoms with Crippen LogP contribution >= 0.6 is 15.9 Å². The van der Waals surface area contributed by atoms with Crippen molar-refractivity contribution in [1.82, 2.24) is 10.0 Å². The molecule has 0 spiro atoms. The Morgan fingerprint density at radius 1 is 1.31 bits per heavy atom. The molecule has 16 heavy (non-hydrogen) atoms. The molecule has 0 heterocycles. The number of rotatable bonds is 4. The summed E-state index contributed by atoms with van der Waals surface area (Å²) in [5, 5.41) is 3.00. The predicted molar refractivity (Wildman–Crippen MR) is 67.9 cm³/mol. The smallest absolute Gasteiger partial charge is 0.241 e. The number of benzene rings is 1. The Morgan fingerprint density at radius 2 is 1.94 bits per heavy atom. The van der Waals surface area contributed by atoms with Crippen molar-refractivity contribution in [2.75, 3.05) is 14.1 Å². The lowest BCUT2D eigenvalue weighted by atomic mass is 10.1. The molecule has 0 aliphatic rings. The fourth-order valence-electron chi connectivity index (χ4n) is 1.42. The van der Waals surface area contributed by atoms with Gasteiger partial charge in [-0.2, -0.15) is 0 Å². The minimum absolute atomic E-state index is 0.278. The lowest BCUT2D eigenvalue weighted by molar-refractivity contribution is 0.587. The van der Waals surface area contributed by atoms with Gasteiger partial charge in [0.05, 0.1) is 4.90 Å². The van der Waals surface area contributed by atoms with Gasteiger partial charge in [-0.1, -0.05) is 6.07 Å². The number of hydrogen-bond acceptors (Lipinski definition) is 3. The lowest BCUT2D eigenvalue weighted by Gasteiger charge is -2.10. The number of hydrogen-bond donors (Lipinski definition) is 2. The summed E-state index contributed by atoms with van der Waals surface area (Å²) in [5.74, 6) is 0. The van der Waals surface area contributed by atoms with E-state index in [1.54, 1.807) is 6.07 Å². The lowest BCUT2D eigenvalue weighted by Crippen LogP contribution is -2.20. The quantitative estimate of drug-likeness (QED) is 0.884. The molecule has 0 atom stereocenters. The van der Waals surface area contributed by atoms with Crippen LogP contribution in [0.25, 0.3) is 0 Å². The highest BCUT2D eigenvalue weighted by molar-refractivity contribution is 9.10. The number of halogens is 1. The van der Waals surface area contributed by atoms with Crippen LogP contribution in [-0.4, -0.2) is 22.5 Å². The van der Waals surface area contributed by atoms with E-state index in [1.165, 1.54) is 7.05 Å². The van der Waals surface area contributed by atoms with Crippen molar-refractivity contribution in [3.63, 3.8) is 0 Å². The third-order valence-corrected chi connectivity index (χ3v) is 4.97. The third kappa shape index (κ3) is 2.82. The van der Waals surface area contributed by atoms with Crippen molar-refractivity contribution in [3.05, 3.63) is 27.7 Å². The summed E-state index contributed by atoms with van der Waals surface area (Å²) in [7, 11) is -0.189. The van der Waals surface area contributed by atoms with Crippen LogP contribution in [0.2, 0.25) is 0 Å². The zero-order valence-corrected chi connectivity index (χ0v) is 11.9. The summed E-state index contributed by atoms with van der Waals surface area (Å²) in [4.78, 5) is 0.278. The van der Waals surface area contributed by atoms with Gasteiger partial charge >= 0.3 is 0 Å². The van der Waals surface area contributed by atoms with Gasteiger partial charge in [0.2, 0.25) is 10.0 Å². The van der Waals surface area contributed by atoms with E-state index in [-0.39, 0.29) is 4.90 Å². The maximum Gasteiger partial charge on any atom is 0.241 e. The number of sulfonamides is 1. The number of nitrogens with one attached hydrogen (secondary N) is 2. The second-order valence-electron chi connectivity index (χ2n) is 3.46. The minimum atomic E-state index is -3.42. The molecule has 0 aliphatic heterocycles. The monoisotopic (exact) mass is 306 g/mol. The first-order valence-corrected chi connectivity index (χ1v) is 7.07. The third-order valence-electron chi connectivity index (χ3n) is 2.22. The highest BCUT2D eigenvalue weighted by Crippen LogP contribution is 2.27. The van der Waals surface area contributed by atoms with Crippen LogP contribution in [-0.2, 0) is 16.6 Å². The summed E-state index contributed by atoms with van der Waals surface area (Å²) < 4.78 is 26.5. The Labute approximate surface area is 105 Å². The first kappa shape index (κ1) is 13.6. The molecule has 2 N–H and O–H groups in total. The van der Waals surface area contributed by atoms with Gasteiger partial charge in [-0.3, -0.25) is 0 Å². The average Bonchev–Trinajstić information content (AvgIpc) is 2.23. The standard InChI is InChI=1S/C10H15BrN2O2S/c1-7-4-8(6-12-2)5-9(10(7)11)16(14,15)13-3/h4-5,12-13H,6H2,1-3H3. The molecule has 0 aliphatic carbocycles. The van der Waals surface area contributed by atoms with Crippen LogP contribution in [0.5, 0.6) is 0 Å². The van der Waals surface area contributed by atoms with Crippen molar-refractivity contribution in [2.24, 2.45) is 0 Å². The summed E-state index contributed by atoms with van der Waals surface area (Å²) >= 11 is 3.30. The van der Waals surface area contributed by atoms with Gasteiger partial charge < -0.3 is 5.32 Å². The van der Waals surface area contributed by atoms with Crippen LogP contribution < -0.4 is 10.0 Å². The first-order chi connectivity index (χ1) is 7.42. The second kappa shape index (κ2) is 5.27. The highest BCUT2D eigenvalue weighted by atomic mass is 79.9. The summed E-state index contributed by atoms with van der Waals surface area (Å²) in [6.45, 7) is 2.51. The second-order valence-corrected chi connectivity index (χ2v) is 6.11. The fourth-order valence-corrected chi connectivity index (χ4v) is 3.21. The summed E-state index contributed by atoms with van der Waals surface area (Å²) in [6, 6.07) is 3.62. The van der Waals surface area contributed by atoms with Gasteiger partial charge in [-0.25, -0.2) is 13.1 Å². The van der Waals surface area contributed by atoms with Gasteiger partial charge in [-0.05, 0) is 54.1 Å². The highest BCUT2D eigenvalue weighted by Gasteiger charge is 2.17. The van der Waals surface area contributed by atoms with E-state index >= 15 is 0 Å². The zero-order chi connectivity index (χ0) is 12.3. The summed E-state index contributed by atoms with van der Waals surface area (Å²) in [6.07, 6.45) is 0. The minimum Gasteiger partial charge on any atom is -0.316 e. The van der Waals surface area contributed by atoms with Gasteiger partial charge in [0, 0.05) is 11.0 Å². The Hall–Kier alpha value is -0.430. The molecule has 1 aromatic carbocycles. The zero-order valence-electron chi connectivity index (χ0n) is 9.46. The van der Waals surface area contributed by atoms with Gasteiger partial charge in [0.15, 0.2) is 0 Å². The molecule has 0 unspecified atom stereocenters. The maximum atomic E-state index is 11.8. The van der Waals surface area contributed by atoms with E-state index in [4.69, 9.17) is 0 Å². The van der Waals surface area contributed by atoms with Crippen molar-refractivity contribution in [3.8, 4) is 0 Å². The maximum absolute atomic E-state index is 11.8. The van der Waals surface area contributed by atoms with E-state index in [0.717, 1.165) is 11.1 Å². The van der Waals surface area contributed by atoms with Crippen LogP contribution in [0.3, 0.4) is 0 Å². The van der Waals surface area contributed by atoms with E-state index < -0.39 is 10.0 Å². The van der Waals surface area contributed by atoms with Crippen LogP contribution in [0.15, 0.2) is 21.5 Å². The predicted octanol–water partition coefficient (Wildman–Crippen LogP) is 1.39. The van der Waals surface area contributed by atoms with Crippen molar-refractivity contribution >= 4 is 26.0 Å². The molecule has 0 aromatic heterocycles. The Kier molecular flexibility index (Phi) is 4.49. The average molecular weight is 307 g/mol. The molecule has 0 bridgehead atoms. The van der Waals surface area contributed by atoms with Crippen LogP contribution in [0, 0.1) is 6.92 Å². The molecule has 0 fully saturated rings. The fraction of sp³-hybridized carbons (Fsp3) is 0.400. The molecule has 4 nitrogen and oxygen atoms in total. The largest absolute Gasteiger partial charge is 0.316 e. The SMILES string of the molecule is CNCc1cc(C)c(Br)c(S(=O)(=O)NC)c1. The van der Waals surface area contributed by atoms with Gasteiger partial charge in [-0.15, -0.1) is 0 Å². The molecular formula is C10H15BrN2O2S. The molecule has 1 aromatic rings. The molecule has 0 amide bonds. The molecular weight excluding hydrogens is 292 g/mol. The Balaban J connectivity index is 3.38. The van der Waals surface area contributed by atoms with Crippen LogP contribution in [0.4, 0.5) is 0 Å². The van der Waals surface area contributed by atoms with E-state index in [1.807, 2.05) is 20.0 Å². The van der Waals surface area contributed by atoms with Gasteiger partial charge in [0.25, 0.3) is 0 Å². The molecule has 0 saturated heterocycles. The van der Waals surface area contributed by atoms with E-state index in [0.29, 0.717) is 11.0 Å². The Bertz CT molecular complexity index is 486. The molecule has 0 saturated carbocycles. The first-order valence-electron chi connectivity index (χ1n) is 4.79. The van der Waals surface area contributed by atoms with Crippen molar-refractivity contribution < 1.29 is 8.42 Å². The molecule has 0 radical (unpaired) electrons. The molecule has 90 valence electrons. The van der Waals surface area contributed by atoms with Crippen molar-refractivity contribution in [2.45, 2.75) is 18.4 Å². The molecule has 1 rings (SSSR count). The number of aryl methyl sites for hydroxylation is 1. The van der Waals surface area contributed by atoms with Crippen molar-refractivity contribution in [1.29, 1.82) is 0 Å². The molecule has 6 heteroatoms. The summed E-state index contributed by atoms with van der Waals surface area (Å²) in [5.41, 5.74) is 1.85.